The Hall–Kier alpha value is -4.13. The molecule has 0 saturated heterocycles. The van der Waals surface area contributed by atoms with Gasteiger partial charge >= 0.3 is 0 Å². The molecule has 36 heavy (non-hydrogen) atoms. The van der Waals surface area contributed by atoms with Crippen molar-refractivity contribution in [1.29, 1.82) is 0 Å². The average Bonchev–Trinajstić information content (AvgIpc) is 3.80. The Kier molecular flexibility index (Phi) is 6.46. The van der Waals surface area contributed by atoms with Crippen LogP contribution in [0, 0.1) is 11.7 Å². The van der Waals surface area contributed by atoms with Crippen molar-refractivity contribution in [1.82, 2.24) is 30.4 Å². The van der Waals surface area contributed by atoms with Gasteiger partial charge in [-0.3, -0.25) is 14.4 Å². The first-order valence-corrected chi connectivity index (χ1v) is 11.6. The predicted molar refractivity (Wildman–Crippen MR) is 126 cm³/mol. The van der Waals surface area contributed by atoms with Gasteiger partial charge in [-0.15, -0.1) is 10.2 Å². The minimum atomic E-state index is -0.674. The Morgan fingerprint density at radius 3 is 2.64 bits per heavy atom. The molecule has 5 rings (SSSR count). The molecule has 2 amide bonds. The van der Waals surface area contributed by atoms with Crippen molar-refractivity contribution in [3.8, 4) is 17.1 Å². The first-order chi connectivity index (χ1) is 17.5. The van der Waals surface area contributed by atoms with E-state index in [2.05, 4.69) is 36.4 Å². The topological polar surface area (TPSA) is 145 Å². The second-order valence-electron chi connectivity index (χ2n) is 8.56. The van der Waals surface area contributed by atoms with Crippen LogP contribution in [0.2, 0.25) is 0 Å². The molecule has 0 unspecified atom stereocenters. The van der Waals surface area contributed by atoms with Gasteiger partial charge in [-0.2, -0.15) is 5.10 Å². The van der Waals surface area contributed by atoms with Gasteiger partial charge in [-0.25, -0.2) is 19.5 Å². The van der Waals surface area contributed by atoms with E-state index in [0.717, 1.165) is 25.7 Å². The summed E-state index contributed by atoms with van der Waals surface area (Å²) in [5.41, 5.74) is 2.83. The molecule has 3 N–H and O–H groups in total. The lowest BCUT2D eigenvalue weighted by Gasteiger charge is -2.16. The van der Waals surface area contributed by atoms with E-state index in [-0.39, 0.29) is 47.1 Å². The van der Waals surface area contributed by atoms with E-state index in [1.54, 1.807) is 17.9 Å². The van der Waals surface area contributed by atoms with E-state index in [9.17, 15) is 14.0 Å². The maximum absolute atomic E-state index is 14.7. The standard InChI is InChI=1S/C23H25FN8O4/c1-3-36-31-23(34)19-16(10-18(28-29-19)27-22(33)12-4-5-12)26-17-9-13(24)8-15(20(17)35-2)21-25-11-32(30-21)14-6-7-14/h8-12,14H,3-7H2,1-2H3,(H,31,34)(H2,26,27,28,33). The number of anilines is 3. The van der Waals surface area contributed by atoms with E-state index in [0.29, 0.717) is 17.4 Å². The van der Waals surface area contributed by atoms with Gasteiger partial charge in [0.05, 0.1) is 36.7 Å². The molecule has 2 fully saturated rings. The van der Waals surface area contributed by atoms with Crippen molar-refractivity contribution in [3.63, 3.8) is 0 Å². The summed E-state index contributed by atoms with van der Waals surface area (Å²) in [5.74, 6) is -0.763. The lowest BCUT2D eigenvalue weighted by Crippen LogP contribution is -2.26. The summed E-state index contributed by atoms with van der Waals surface area (Å²) in [6.07, 6.45) is 5.29. The van der Waals surface area contributed by atoms with Crippen LogP contribution in [0.15, 0.2) is 24.5 Å². The summed E-state index contributed by atoms with van der Waals surface area (Å²) in [5, 5.41) is 18.1. The molecule has 2 aromatic heterocycles. The monoisotopic (exact) mass is 496 g/mol. The molecule has 12 nitrogen and oxygen atoms in total. The summed E-state index contributed by atoms with van der Waals surface area (Å²) >= 11 is 0. The Labute approximate surface area is 205 Å². The lowest BCUT2D eigenvalue weighted by atomic mass is 10.1. The van der Waals surface area contributed by atoms with Crippen LogP contribution in [0.5, 0.6) is 5.75 Å². The van der Waals surface area contributed by atoms with E-state index < -0.39 is 11.7 Å². The Balaban J connectivity index is 1.51. The number of carbonyl (C=O) groups is 2. The molecule has 0 aliphatic heterocycles. The quantitative estimate of drug-likeness (QED) is 0.361. The summed E-state index contributed by atoms with van der Waals surface area (Å²) < 4.78 is 22.1. The van der Waals surface area contributed by atoms with E-state index in [1.165, 1.54) is 25.3 Å². The maximum Gasteiger partial charge on any atom is 0.297 e. The number of hydrogen-bond donors (Lipinski definition) is 3. The highest BCUT2D eigenvalue weighted by atomic mass is 19.1. The lowest BCUT2D eigenvalue weighted by molar-refractivity contribution is -0.117. The van der Waals surface area contributed by atoms with Gasteiger partial charge < -0.3 is 15.4 Å². The fraction of sp³-hybridized carbons (Fsp3) is 0.391. The summed E-state index contributed by atoms with van der Waals surface area (Å²) in [7, 11) is 1.44. The summed E-state index contributed by atoms with van der Waals surface area (Å²) in [4.78, 5) is 34.2. The van der Waals surface area contributed by atoms with Crippen LogP contribution in [0.3, 0.4) is 0 Å². The Morgan fingerprint density at radius 1 is 1.14 bits per heavy atom. The van der Waals surface area contributed by atoms with Gasteiger partial charge in [-0.1, -0.05) is 0 Å². The normalized spacial score (nSPS) is 14.9. The fourth-order valence-corrected chi connectivity index (χ4v) is 3.61. The third kappa shape index (κ3) is 5.10. The van der Waals surface area contributed by atoms with Crippen LogP contribution >= 0.6 is 0 Å². The average molecular weight is 497 g/mol. The minimum Gasteiger partial charge on any atom is -0.494 e. The molecule has 0 radical (unpaired) electrons. The second-order valence-corrected chi connectivity index (χ2v) is 8.56. The number of benzene rings is 1. The zero-order valence-electron chi connectivity index (χ0n) is 19.7. The number of amides is 2. The first kappa shape index (κ1) is 23.6. The van der Waals surface area contributed by atoms with Crippen LogP contribution in [-0.4, -0.2) is 50.5 Å². The van der Waals surface area contributed by atoms with Crippen LogP contribution in [0.4, 0.5) is 21.6 Å². The van der Waals surface area contributed by atoms with Crippen LogP contribution in [-0.2, 0) is 9.63 Å². The second kappa shape index (κ2) is 9.85. The molecule has 188 valence electrons. The summed E-state index contributed by atoms with van der Waals surface area (Å²) in [6, 6.07) is 4.25. The van der Waals surface area contributed by atoms with Crippen molar-refractivity contribution >= 4 is 29.0 Å². The number of rotatable bonds is 10. The van der Waals surface area contributed by atoms with Gasteiger partial charge in [0.1, 0.15) is 12.1 Å². The van der Waals surface area contributed by atoms with Gasteiger partial charge in [-0.05, 0) is 38.7 Å². The van der Waals surface area contributed by atoms with Gasteiger partial charge in [0, 0.05) is 18.1 Å². The largest absolute Gasteiger partial charge is 0.494 e. The smallest absolute Gasteiger partial charge is 0.297 e. The van der Waals surface area contributed by atoms with Gasteiger partial charge in [0.25, 0.3) is 5.91 Å². The Bertz CT molecular complexity index is 1310. The molecule has 0 bridgehead atoms. The number of halogens is 1. The number of hydrogen-bond acceptors (Lipinski definition) is 9. The number of carbonyl (C=O) groups excluding carboxylic acids is 2. The number of nitrogens with one attached hydrogen (secondary N) is 3. The zero-order valence-corrected chi connectivity index (χ0v) is 19.7. The molecule has 0 spiro atoms. The third-order valence-corrected chi connectivity index (χ3v) is 5.72. The third-order valence-electron chi connectivity index (χ3n) is 5.72. The number of hydroxylamine groups is 1. The number of aromatic nitrogens is 5. The molecule has 2 aliphatic carbocycles. The fourth-order valence-electron chi connectivity index (χ4n) is 3.61. The molecular weight excluding hydrogens is 471 g/mol. The highest BCUT2D eigenvalue weighted by Gasteiger charge is 2.30. The van der Waals surface area contributed by atoms with Crippen molar-refractivity contribution < 1.29 is 23.6 Å². The molecule has 2 heterocycles. The number of ether oxygens (including phenoxy) is 1. The summed E-state index contributed by atoms with van der Waals surface area (Å²) in [6.45, 7) is 1.94. The van der Waals surface area contributed by atoms with Crippen molar-refractivity contribution in [3.05, 3.63) is 36.0 Å². The van der Waals surface area contributed by atoms with Crippen molar-refractivity contribution in [2.45, 2.75) is 38.6 Å². The molecule has 1 aromatic carbocycles. The van der Waals surface area contributed by atoms with E-state index in [1.807, 2.05) is 0 Å². The number of methoxy groups -OCH3 is 1. The maximum atomic E-state index is 14.7. The highest BCUT2D eigenvalue weighted by molar-refractivity contribution is 5.99. The Morgan fingerprint density at radius 2 is 1.94 bits per heavy atom. The molecule has 3 aromatic rings. The van der Waals surface area contributed by atoms with E-state index >= 15 is 0 Å². The highest BCUT2D eigenvalue weighted by Crippen LogP contribution is 2.40. The SMILES string of the molecule is CCONC(=O)c1nnc(NC(=O)C2CC2)cc1Nc1cc(F)cc(-c2ncn(C3CC3)n2)c1OC. The van der Waals surface area contributed by atoms with Crippen molar-refractivity contribution in [2.75, 3.05) is 24.4 Å². The molecular formula is C23H25FN8O4. The molecule has 13 heteroatoms. The van der Waals surface area contributed by atoms with Crippen LogP contribution in [0.1, 0.15) is 49.1 Å². The van der Waals surface area contributed by atoms with Gasteiger partial charge in [0.15, 0.2) is 23.1 Å². The molecule has 2 saturated carbocycles. The number of nitrogens with zero attached hydrogens (tertiary/aromatic N) is 5. The van der Waals surface area contributed by atoms with Crippen molar-refractivity contribution in [2.24, 2.45) is 5.92 Å². The van der Waals surface area contributed by atoms with E-state index in [4.69, 9.17) is 9.57 Å². The van der Waals surface area contributed by atoms with Gasteiger partial charge in [0.2, 0.25) is 5.91 Å². The molecule has 2 aliphatic rings. The first-order valence-electron chi connectivity index (χ1n) is 11.6. The van der Waals surface area contributed by atoms with Crippen LogP contribution < -0.4 is 20.9 Å². The zero-order chi connectivity index (χ0) is 25.2. The van der Waals surface area contributed by atoms with Crippen LogP contribution in [0.25, 0.3) is 11.4 Å². The minimum absolute atomic E-state index is 0.0574. The molecule has 0 atom stereocenters. The predicted octanol–water partition coefficient (Wildman–Crippen LogP) is 2.99.